The zero-order valence-corrected chi connectivity index (χ0v) is 14.4. The highest BCUT2D eigenvalue weighted by Crippen LogP contribution is 2.41. The topological polar surface area (TPSA) is 60.4 Å². The van der Waals surface area contributed by atoms with Crippen LogP contribution in [0, 0.1) is 5.41 Å². The smallest absolute Gasteiger partial charge is 0.312 e. The summed E-state index contributed by atoms with van der Waals surface area (Å²) in [6.45, 7) is 5.67. The molecule has 0 radical (unpaired) electrons. The third-order valence-electron chi connectivity index (χ3n) is 4.33. The van der Waals surface area contributed by atoms with Crippen LogP contribution in [0.1, 0.15) is 44.9 Å². The fourth-order valence-corrected chi connectivity index (χ4v) is 4.67. The lowest BCUT2D eigenvalue weighted by Gasteiger charge is -2.38. The number of ether oxygens (including phenoxy) is 1. The van der Waals surface area contributed by atoms with Gasteiger partial charge in [0.05, 0.1) is 16.9 Å². The molecule has 0 aromatic carbocycles. The number of esters is 1. The summed E-state index contributed by atoms with van der Waals surface area (Å²) in [5.74, 6) is -0.104. The van der Waals surface area contributed by atoms with Gasteiger partial charge in [0.2, 0.25) is 0 Å². The fraction of sp³-hybridized carbons (Fsp3) is 0.667. The molecule has 21 heavy (non-hydrogen) atoms. The Labute approximate surface area is 130 Å². The molecule has 0 unspecified atom stereocenters. The van der Waals surface area contributed by atoms with E-state index in [1.807, 2.05) is 38.3 Å². The predicted octanol–water partition coefficient (Wildman–Crippen LogP) is 3.13. The lowest BCUT2D eigenvalue weighted by atomic mass is 9.89. The molecule has 1 aliphatic heterocycles. The largest absolute Gasteiger partial charge is 0.453 e. The Bertz CT molecular complexity index is 586. The normalized spacial score (nSPS) is 20.9. The average molecular weight is 330 g/mol. The van der Waals surface area contributed by atoms with Crippen LogP contribution in [0.5, 0.6) is 0 Å². The first kappa shape index (κ1) is 16.5. The Morgan fingerprint density at radius 3 is 2.48 bits per heavy atom. The minimum Gasteiger partial charge on any atom is -0.453 e. The molecule has 0 N–H and O–H groups in total. The van der Waals surface area contributed by atoms with Crippen molar-refractivity contribution in [3.05, 3.63) is 22.4 Å². The fourth-order valence-electron chi connectivity index (χ4n) is 2.26. The highest BCUT2D eigenvalue weighted by Gasteiger charge is 2.45. The summed E-state index contributed by atoms with van der Waals surface area (Å²) in [6, 6.07) is 3.83. The quantitative estimate of drug-likeness (QED) is 0.796. The number of hydrogen-bond donors (Lipinski definition) is 0. The molecule has 1 aromatic rings. The lowest BCUT2D eigenvalue weighted by molar-refractivity contribution is -0.173. The van der Waals surface area contributed by atoms with Gasteiger partial charge in [-0.2, -0.15) is 0 Å². The van der Waals surface area contributed by atoms with E-state index < -0.39 is 20.9 Å². The van der Waals surface area contributed by atoms with Gasteiger partial charge in [-0.15, -0.1) is 11.3 Å². The van der Waals surface area contributed by atoms with E-state index >= 15 is 0 Å². The highest BCUT2D eigenvalue weighted by atomic mass is 32.2. The summed E-state index contributed by atoms with van der Waals surface area (Å²) in [6.07, 6.45) is 1.38. The Kier molecular flexibility index (Phi) is 4.49. The van der Waals surface area contributed by atoms with E-state index in [2.05, 4.69) is 0 Å². The molecule has 0 saturated carbocycles. The first-order valence-electron chi connectivity index (χ1n) is 7.19. The molecule has 0 amide bonds. The van der Waals surface area contributed by atoms with Crippen LogP contribution < -0.4 is 0 Å². The minimum absolute atomic E-state index is 0.0741. The maximum Gasteiger partial charge on any atom is 0.312 e. The molecule has 2 heterocycles. The monoisotopic (exact) mass is 330 g/mol. The van der Waals surface area contributed by atoms with Crippen molar-refractivity contribution in [2.45, 2.75) is 45.6 Å². The van der Waals surface area contributed by atoms with Crippen LogP contribution >= 0.6 is 11.3 Å². The van der Waals surface area contributed by atoms with E-state index in [0.29, 0.717) is 19.3 Å². The maximum atomic E-state index is 12.5. The molecule has 1 aromatic heterocycles. The van der Waals surface area contributed by atoms with E-state index in [9.17, 15) is 13.2 Å². The van der Waals surface area contributed by atoms with Crippen molar-refractivity contribution in [1.29, 1.82) is 0 Å². The maximum absolute atomic E-state index is 12.5. The van der Waals surface area contributed by atoms with Gasteiger partial charge >= 0.3 is 5.97 Å². The lowest BCUT2D eigenvalue weighted by Crippen LogP contribution is -2.43. The number of carbonyl (C=O) groups is 1. The molecular weight excluding hydrogens is 308 g/mol. The zero-order valence-electron chi connectivity index (χ0n) is 12.7. The number of sulfone groups is 1. The number of rotatable bonds is 4. The number of hydrogen-bond acceptors (Lipinski definition) is 5. The third-order valence-corrected chi connectivity index (χ3v) is 7.04. The second kappa shape index (κ2) is 5.72. The molecule has 0 aliphatic carbocycles. The van der Waals surface area contributed by atoms with Crippen molar-refractivity contribution >= 4 is 27.1 Å². The molecule has 0 spiro atoms. The summed E-state index contributed by atoms with van der Waals surface area (Å²) in [5, 5.41) is 1.93. The summed E-state index contributed by atoms with van der Waals surface area (Å²) < 4.78 is 29.3. The van der Waals surface area contributed by atoms with E-state index in [4.69, 9.17) is 4.74 Å². The van der Waals surface area contributed by atoms with E-state index in [-0.39, 0.29) is 17.5 Å². The van der Waals surface area contributed by atoms with Crippen LogP contribution in [0.15, 0.2) is 17.5 Å². The first-order chi connectivity index (χ1) is 9.71. The van der Waals surface area contributed by atoms with Crippen LogP contribution in [0.4, 0.5) is 0 Å². The molecular formula is C15H22O4S2. The van der Waals surface area contributed by atoms with Crippen LogP contribution in [0.25, 0.3) is 0 Å². The van der Waals surface area contributed by atoms with Gasteiger partial charge in [0.15, 0.2) is 9.84 Å². The summed E-state index contributed by atoms with van der Waals surface area (Å²) >= 11 is 1.52. The van der Waals surface area contributed by atoms with Crippen molar-refractivity contribution in [1.82, 2.24) is 0 Å². The Balaban J connectivity index is 2.29. The first-order valence-corrected chi connectivity index (χ1v) is 9.89. The third kappa shape index (κ3) is 3.48. The van der Waals surface area contributed by atoms with Gasteiger partial charge in [0.25, 0.3) is 0 Å². The second-order valence-electron chi connectivity index (χ2n) is 6.25. The minimum atomic E-state index is -3.01. The van der Waals surface area contributed by atoms with Crippen molar-refractivity contribution < 1.29 is 17.9 Å². The van der Waals surface area contributed by atoms with Crippen LogP contribution in [0.3, 0.4) is 0 Å². The van der Waals surface area contributed by atoms with E-state index in [0.717, 1.165) is 4.88 Å². The van der Waals surface area contributed by atoms with Crippen molar-refractivity contribution in [2.75, 3.05) is 11.5 Å². The van der Waals surface area contributed by atoms with Gasteiger partial charge < -0.3 is 4.74 Å². The summed E-state index contributed by atoms with van der Waals surface area (Å²) in [4.78, 5) is 13.4. The highest BCUT2D eigenvalue weighted by molar-refractivity contribution is 7.91. The Morgan fingerprint density at radius 2 is 2.00 bits per heavy atom. The number of thiophene rings is 1. The molecule has 6 heteroatoms. The SMILES string of the molecule is CCC(C)(C)C(=O)OC1(c2cccs2)CCS(=O)(=O)CC1. The van der Waals surface area contributed by atoms with Crippen molar-refractivity contribution in [3.63, 3.8) is 0 Å². The van der Waals surface area contributed by atoms with Gasteiger partial charge in [-0.1, -0.05) is 13.0 Å². The average Bonchev–Trinajstić information content (AvgIpc) is 2.96. The van der Waals surface area contributed by atoms with Crippen LogP contribution in [-0.2, 0) is 25.0 Å². The van der Waals surface area contributed by atoms with E-state index in [1.54, 1.807) is 0 Å². The summed E-state index contributed by atoms with van der Waals surface area (Å²) in [7, 11) is -3.01. The standard InChI is InChI=1S/C15H22O4S2/c1-4-14(2,3)13(16)19-15(12-6-5-9-20-12)7-10-21(17,18)11-8-15/h5-6,9H,4,7-8,10-11H2,1-3H3. The molecule has 1 saturated heterocycles. The van der Waals surface area contributed by atoms with Crippen LogP contribution in [0.2, 0.25) is 0 Å². The molecule has 4 nitrogen and oxygen atoms in total. The molecule has 1 aliphatic rings. The van der Waals surface area contributed by atoms with Gasteiger partial charge in [-0.3, -0.25) is 4.79 Å². The number of carbonyl (C=O) groups excluding carboxylic acids is 1. The van der Waals surface area contributed by atoms with Crippen LogP contribution in [-0.4, -0.2) is 25.9 Å². The van der Waals surface area contributed by atoms with Gasteiger partial charge in [-0.25, -0.2) is 8.42 Å². The van der Waals surface area contributed by atoms with Crippen molar-refractivity contribution in [3.8, 4) is 0 Å². The molecule has 118 valence electrons. The zero-order chi connectivity index (χ0) is 15.7. The van der Waals surface area contributed by atoms with Gasteiger partial charge in [-0.05, 0) is 31.7 Å². The predicted molar refractivity (Wildman–Crippen MR) is 84.0 cm³/mol. The molecule has 2 rings (SSSR count). The Morgan fingerprint density at radius 1 is 1.38 bits per heavy atom. The molecule has 1 fully saturated rings. The second-order valence-corrected chi connectivity index (χ2v) is 9.50. The Hall–Kier alpha value is -0.880. The molecule has 0 bridgehead atoms. The van der Waals surface area contributed by atoms with Gasteiger partial charge in [0.1, 0.15) is 5.60 Å². The van der Waals surface area contributed by atoms with E-state index in [1.165, 1.54) is 11.3 Å². The summed E-state index contributed by atoms with van der Waals surface area (Å²) in [5.41, 5.74) is -1.33. The van der Waals surface area contributed by atoms with Gasteiger partial charge in [0, 0.05) is 17.7 Å². The van der Waals surface area contributed by atoms with Crippen molar-refractivity contribution in [2.24, 2.45) is 5.41 Å². The molecule has 0 atom stereocenters.